The van der Waals surface area contributed by atoms with Crippen LogP contribution in [0, 0.1) is 0 Å². The van der Waals surface area contributed by atoms with Crippen molar-refractivity contribution >= 4 is 11.6 Å². The van der Waals surface area contributed by atoms with Crippen LogP contribution in [-0.2, 0) is 12.8 Å². The topological polar surface area (TPSA) is 12.0 Å². The molecule has 21 heavy (non-hydrogen) atoms. The fourth-order valence-corrected chi connectivity index (χ4v) is 3.38. The van der Waals surface area contributed by atoms with E-state index < -0.39 is 0 Å². The lowest BCUT2D eigenvalue weighted by Gasteiger charge is -2.15. The van der Waals surface area contributed by atoms with Crippen molar-refractivity contribution < 1.29 is 0 Å². The minimum atomic E-state index is 0.571. The molecule has 2 heteroatoms. The zero-order valence-electron chi connectivity index (χ0n) is 12.5. The number of nitrogens with one attached hydrogen (secondary N) is 1. The molecule has 0 aliphatic heterocycles. The summed E-state index contributed by atoms with van der Waals surface area (Å²) < 4.78 is 0. The van der Waals surface area contributed by atoms with Crippen molar-refractivity contribution in [2.24, 2.45) is 0 Å². The van der Waals surface area contributed by atoms with Gasteiger partial charge in [0.1, 0.15) is 0 Å². The molecule has 1 nitrogen and oxygen atoms in total. The second-order valence-electron chi connectivity index (χ2n) is 6.07. The van der Waals surface area contributed by atoms with Crippen molar-refractivity contribution in [3.63, 3.8) is 0 Å². The molecule has 1 aliphatic carbocycles. The molecule has 110 valence electrons. The van der Waals surface area contributed by atoms with E-state index in [0.29, 0.717) is 12.0 Å². The van der Waals surface area contributed by atoms with Gasteiger partial charge in [0.15, 0.2) is 0 Å². The minimum absolute atomic E-state index is 0.571. The highest BCUT2D eigenvalue weighted by atomic mass is 35.5. The van der Waals surface area contributed by atoms with E-state index in [1.54, 1.807) is 0 Å². The van der Waals surface area contributed by atoms with Gasteiger partial charge < -0.3 is 5.32 Å². The maximum atomic E-state index is 6.06. The molecule has 2 atom stereocenters. The van der Waals surface area contributed by atoms with Crippen LogP contribution in [0.4, 0.5) is 0 Å². The second-order valence-corrected chi connectivity index (χ2v) is 6.51. The van der Waals surface area contributed by atoms with Crippen LogP contribution in [0.2, 0.25) is 5.02 Å². The van der Waals surface area contributed by atoms with Crippen molar-refractivity contribution in [1.82, 2.24) is 5.32 Å². The zero-order chi connectivity index (χ0) is 14.7. The van der Waals surface area contributed by atoms with Crippen molar-refractivity contribution in [3.8, 4) is 0 Å². The first-order chi connectivity index (χ1) is 10.2. The Bertz CT molecular complexity index is 594. The van der Waals surface area contributed by atoms with Gasteiger partial charge in [-0.15, -0.1) is 0 Å². The molecule has 0 amide bonds. The number of hydrogen-bond acceptors (Lipinski definition) is 1. The highest BCUT2D eigenvalue weighted by Gasteiger charge is 2.21. The lowest BCUT2D eigenvalue weighted by atomic mass is 9.98. The van der Waals surface area contributed by atoms with E-state index in [0.717, 1.165) is 24.4 Å². The summed E-state index contributed by atoms with van der Waals surface area (Å²) in [6.45, 7) is 3.38. The van der Waals surface area contributed by atoms with E-state index in [-0.39, 0.29) is 0 Å². The fourth-order valence-electron chi connectivity index (χ4n) is 3.18. The van der Waals surface area contributed by atoms with Crippen molar-refractivity contribution in [3.05, 3.63) is 70.2 Å². The van der Waals surface area contributed by atoms with Gasteiger partial charge >= 0.3 is 0 Å². The Hall–Kier alpha value is -1.31. The molecular formula is C19H22ClN. The fraction of sp³-hybridized carbons (Fsp3) is 0.368. The molecule has 0 heterocycles. The SMILES string of the molecule is CC(CCNC1Cc2ccc(Cl)cc2C1)c1ccccc1. The van der Waals surface area contributed by atoms with E-state index >= 15 is 0 Å². The van der Waals surface area contributed by atoms with Crippen molar-refractivity contribution in [2.45, 2.75) is 38.1 Å². The summed E-state index contributed by atoms with van der Waals surface area (Å²) in [5.74, 6) is 0.608. The van der Waals surface area contributed by atoms with Crippen molar-refractivity contribution in [1.29, 1.82) is 0 Å². The molecular weight excluding hydrogens is 278 g/mol. The van der Waals surface area contributed by atoms with Crippen LogP contribution in [0.1, 0.15) is 36.0 Å². The van der Waals surface area contributed by atoms with Gasteiger partial charge in [-0.2, -0.15) is 0 Å². The average Bonchev–Trinajstić information content (AvgIpc) is 2.89. The minimum Gasteiger partial charge on any atom is -0.313 e. The van der Waals surface area contributed by atoms with Gasteiger partial charge in [-0.3, -0.25) is 0 Å². The predicted octanol–water partition coefficient (Wildman–Crippen LogP) is 4.59. The Morgan fingerprint density at radius 3 is 2.67 bits per heavy atom. The molecule has 1 N–H and O–H groups in total. The average molecular weight is 300 g/mol. The quantitative estimate of drug-likeness (QED) is 0.851. The summed E-state index contributed by atoms with van der Waals surface area (Å²) in [5.41, 5.74) is 4.30. The third kappa shape index (κ3) is 3.66. The van der Waals surface area contributed by atoms with Crippen molar-refractivity contribution in [2.75, 3.05) is 6.54 Å². The van der Waals surface area contributed by atoms with Gasteiger partial charge in [-0.25, -0.2) is 0 Å². The van der Waals surface area contributed by atoms with E-state index in [4.69, 9.17) is 11.6 Å². The van der Waals surface area contributed by atoms with Crippen LogP contribution in [-0.4, -0.2) is 12.6 Å². The normalized spacial score (nSPS) is 18.5. The Labute approximate surface area is 132 Å². The maximum absolute atomic E-state index is 6.06. The highest BCUT2D eigenvalue weighted by Crippen LogP contribution is 2.25. The summed E-state index contributed by atoms with van der Waals surface area (Å²) >= 11 is 6.06. The molecule has 0 aromatic heterocycles. The first-order valence-electron chi connectivity index (χ1n) is 7.78. The highest BCUT2D eigenvalue weighted by molar-refractivity contribution is 6.30. The molecule has 0 fully saturated rings. The first-order valence-corrected chi connectivity index (χ1v) is 8.16. The molecule has 0 spiro atoms. The van der Waals surface area contributed by atoms with Gasteiger partial charge in [0.25, 0.3) is 0 Å². The summed E-state index contributed by atoms with van der Waals surface area (Å²) in [6, 6.07) is 17.6. The van der Waals surface area contributed by atoms with E-state index in [1.165, 1.54) is 23.1 Å². The van der Waals surface area contributed by atoms with Crippen LogP contribution in [0.15, 0.2) is 48.5 Å². The van der Waals surface area contributed by atoms with Gasteiger partial charge in [-0.1, -0.05) is 54.9 Å². The lowest BCUT2D eigenvalue weighted by molar-refractivity contribution is 0.504. The third-order valence-electron chi connectivity index (χ3n) is 4.48. The number of fused-ring (bicyclic) bond motifs is 1. The van der Waals surface area contributed by atoms with Crippen LogP contribution < -0.4 is 5.32 Å². The number of halogens is 1. The molecule has 2 unspecified atom stereocenters. The van der Waals surface area contributed by atoms with E-state index in [9.17, 15) is 0 Å². The molecule has 3 rings (SSSR count). The zero-order valence-corrected chi connectivity index (χ0v) is 13.2. The Balaban J connectivity index is 1.47. The second kappa shape index (κ2) is 6.64. The van der Waals surface area contributed by atoms with E-state index in [2.05, 4.69) is 54.7 Å². The molecule has 0 bridgehead atoms. The standard InChI is InChI=1S/C19H22ClN/c1-14(15-5-3-2-4-6-15)9-10-21-19-12-16-7-8-18(20)11-17(16)13-19/h2-8,11,14,19,21H,9-10,12-13H2,1H3. The molecule has 0 radical (unpaired) electrons. The number of benzene rings is 2. The molecule has 1 aliphatic rings. The predicted molar refractivity (Wildman–Crippen MR) is 90.1 cm³/mol. The first kappa shape index (κ1) is 14.6. The van der Waals surface area contributed by atoms with Crippen LogP contribution in [0.25, 0.3) is 0 Å². The summed E-state index contributed by atoms with van der Waals surface area (Å²) in [6.07, 6.45) is 3.42. The lowest BCUT2D eigenvalue weighted by Crippen LogP contribution is -2.30. The number of hydrogen-bond donors (Lipinski definition) is 1. The molecule has 2 aromatic carbocycles. The molecule has 0 saturated carbocycles. The Morgan fingerprint density at radius 1 is 1.10 bits per heavy atom. The van der Waals surface area contributed by atoms with Gasteiger partial charge in [0, 0.05) is 11.1 Å². The van der Waals surface area contributed by atoms with Gasteiger partial charge in [0.2, 0.25) is 0 Å². The number of rotatable bonds is 5. The smallest absolute Gasteiger partial charge is 0.0408 e. The van der Waals surface area contributed by atoms with Gasteiger partial charge in [0.05, 0.1) is 0 Å². The van der Waals surface area contributed by atoms with E-state index in [1.807, 2.05) is 6.07 Å². The molecule has 2 aromatic rings. The Kier molecular flexibility index (Phi) is 4.62. The van der Waals surface area contributed by atoms with Gasteiger partial charge in [-0.05, 0) is 60.5 Å². The summed E-state index contributed by atoms with van der Waals surface area (Å²) in [5, 5.41) is 4.56. The Morgan fingerprint density at radius 2 is 1.86 bits per heavy atom. The van der Waals surface area contributed by atoms with Crippen LogP contribution in [0.5, 0.6) is 0 Å². The molecule has 0 saturated heterocycles. The largest absolute Gasteiger partial charge is 0.313 e. The summed E-state index contributed by atoms with van der Waals surface area (Å²) in [4.78, 5) is 0. The monoisotopic (exact) mass is 299 g/mol. The summed E-state index contributed by atoms with van der Waals surface area (Å²) in [7, 11) is 0. The van der Waals surface area contributed by atoms with Crippen LogP contribution in [0.3, 0.4) is 0 Å². The third-order valence-corrected chi connectivity index (χ3v) is 4.72. The van der Waals surface area contributed by atoms with Crippen LogP contribution >= 0.6 is 11.6 Å². The maximum Gasteiger partial charge on any atom is 0.0408 e.